The zero-order valence-corrected chi connectivity index (χ0v) is 12.4. The molecule has 0 fully saturated rings. The number of rotatable bonds is 6. The average molecular weight is 336 g/mol. The van der Waals surface area contributed by atoms with E-state index in [1.165, 1.54) is 0 Å². The van der Waals surface area contributed by atoms with Gasteiger partial charge in [0.1, 0.15) is 5.69 Å². The molecule has 0 saturated carbocycles. The van der Waals surface area contributed by atoms with E-state index in [2.05, 4.69) is 20.9 Å². The van der Waals surface area contributed by atoms with Gasteiger partial charge < -0.3 is 9.72 Å². The van der Waals surface area contributed by atoms with Crippen LogP contribution >= 0.6 is 15.9 Å². The number of aromatic nitrogens is 1. The van der Waals surface area contributed by atoms with Gasteiger partial charge in [-0.25, -0.2) is 4.79 Å². The van der Waals surface area contributed by atoms with E-state index in [9.17, 15) is 9.59 Å². The molecule has 4 nitrogen and oxygen atoms in total. The van der Waals surface area contributed by atoms with E-state index >= 15 is 0 Å². The van der Waals surface area contributed by atoms with Crippen LogP contribution in [0.4, 0.5) is 0 Å². The van der Waals surface area contributed by atoms with Crippen molar-refractivity contribution in [2.24, 2.45) is 0 Å². The van der Waals surface area contributed by atoms with Crippen molar-refractivity contribution in [1.82, 2.24) is 4.98 Å². The molecule has 1 aromatic carbocycles. The Morgan fingerprint density at radius 1 is 1.15 bits per heavy atom. The molecule has 0 bridgehead atoms. The summed E-state index contributed by atoms with van der Waals surface area (Å²) in [5, 5.41) is 0. The molecule has 0 aliphatic rings. The largest absolute Gasteiger partial charge is 0.461 e. The summed E-state index contributed by atoms with van der Waals surface area (Å²) in [5.74, 6) is -0.348. The van der Waals surface area contributed by atoms with E-state index in [1.807, 2.05) is 12.1 Å². The third-order valence-electron chi connectivity index (χ3n) is 2.77. The molecule has 0 unspecified atom stereocenters. The molecule has 0 amide bonds. The van der Waals surface area contributed by atoms with E-state index in [0.29, 0.717) is 24.1 Å². The van der Waals surface area contributed by atoms with Crippen molar-refractivity contribution in [3.63, 3.8) is 0 Å². The molecule has 104 valence electrons. The lowest BCUT2D eigenvalue weighted by Gasteiger charge is -2.03. The van der Waals surface area contributed by atoms with Crippen LogP contribution in [0.2, 0.25) is 0 Å². The number of hydrogen-bond acceptors (Lipinski definition) is 3. The molecule has 20 heavy (non-hydrogen) atoms. The van der Waals surface area contributed by atoms with Gasteiger partial charge in [0.15, 0.2) is 5.78 Å². The predicted molar refractivity (Wildman–Crippen MR) is 78.8 cm³/mol. The Balaban J connectivity index is 1.72. The van der Waals surface area contributed by atoms with E-state index < -0.39 is 5.97 Å². The normalized spacial score (nSPS) is 10.2. The number of aromatic amines is 1. The number of carbonyl (C=O) groups excluding carboxylic acids is 2. The highest BCUT2D eigenvalue weighted by atomic mass is 79.9. The molecule has 1 aromatic heterocycles. The van der Waals surface area contributed by atoms with Gasteiger partial charge in [0.25, 0.3) is 0 Å². The Bertz CT molecular complexity index is 576. The Morgan fingerprint density at radius 2 is 1.90 bits per heavy atom. The van der Waals surface area contributed by atoms with E-state index in [4.69, 9.17) is 4.74 Å². The zero-order chi connectivity index (χ0) is 14.4. The number of nitrogens with one attached hydrogen (secondary N) is 1. The minimum atomic E-state index is -0.397. The van der Waals surface area contributed by atoms with Crippen LogP contribution in [0, 0.1) is 0 Å². The number of hydrogen-bond donors (Lipinski definition) is 1. The van der Waals surface area contributed by atoms with Gasteiger partial charge in [-0.15, -0.1) is 0 Å². The minimum Gasteiger partial charge on any atom is -0.461 e. The standard InChI is InChI=1S/C15H14BrNO3/c16-12-7-5-11(6-8-12)14(18)4-2-10-20-15(19)13-3-1-9-17-13/h1,3,5-9,17H,2,4,10H2. The van der Waals surface area contributed by atoms with E-state index in [0.717, 1.165) is 4.47 Å². The maximum absolute atomic E-state index is 11.9. The van der Waals surface area contributed by atoms with Crippen LogP contribution in [0.1, 0.15) is 33.7 Å². The summed E-state index contributed by atoms with van der Waals surface area (Å²) in [6.45, 7) is 0.236. The van der Waals surface area contributed by atoms with Crippen LogP contribution in [-0.4, -0.2) is 23.3 Å². The van der Waals surface area contributed by atoms with Crippen molar-refractivity contribution in [3.8, 4) is 0 Å². The van der Waals surface area contributed by atoms with Gasteiger partial charge >= 0.3 is 5.97 Å². The Morgan fingerprint density at radius 3 is 2.55 bits per heavy atom. The molecule has 2 rings (SSSR count). The lowest BCUT2D eigenvalue weighted by Crippen LogP contribution is -2.08. The lowest BCUT2D eigenvalue weighted by molar-refractivity contribution is 0.0488. The summed E-state index contributed by atoms with van der Waals surface area (Å²) in [5.41, 5.74) is 1.09. The number of Topliss-reactive ketones (excluding diaryl/α,β-unsaturated/α-hetero) is 1. The second-order valence-corrected chi connectivity index (χ2v) is 5.17. The first-order valence-corrected chi connectivity index (χ1v) is 7.05. The number of benzene rings is 1. The number of H-pyrrole nitrogens is 1. The van der Waals surface area contributed by atoms with Gasteiger partial charge in [0.2, 0.25) is 0 Å². The first-order valence-electron chi connectivity index (χ1n) is 6.26. The van der Waals surface area contributed by atoms with Crippen molar-refractivity contribution in [3.05, 3.63) is 58.3 Å². The molecule has 1 N–H and O–H groups in total. The van der Waals surface area contributed by atoms with Crippen LogP contribution in [0.3, 0.4) is 0 Å². The topological polar surface area (TPSA) is 59.2 Å². The zero-order valence-electron chi connectivity index (χ0n) is 10.8. The van der Waals surface area contributed by atoms with Gasteiger partial charge in [-0.05, 0) is 30.7 Å². The smallest absolute Gasteiger partial charge is 0.354 e. The molecule has 0 saturated heterocycles. The summed E-state index contributed by atoms with van der Waals surface area (Å²) >= 11 is 3.32. The second kappa shape index (κ2) is 7.05. The SMILES string of the molecule is O=C(CCCOC(=O)c1ccc[nH]1)c1ccc(Br)cc1. The number of esters is 1. The van der Waals surface area contributed by atoms with Crippen LogP contribution in [0.25, 0.3) is 0 Å². The van der Waals surface area contributed by atoms with Crippen molar-refractivity contribution in [2.45, 2.75) is 12.8 Å². The van der Waals surface area contributed by atoms with Gasteiger partial charge in [-0.1, -0.05) is 28.1 Å². The van der Waals surface area contributed by atoms with Crippen LogP contribution in [0.15, 0.2) is 47.1 Å². The van der Waals surface area contributed by atoms with Gasteiger partial charge in [0, 0.05) is 22.7 Å². The fourth-order valence-corrected chi connectivity index (χ4v) is 1.98. The fourth-order valence-electron chi connectivity index (χ4n) is 1.71. The second-order valence-electron chi connectivity index (χ2n) is 4.25. The molecule has 5 heteroatoms. The Hall–Kier alpha value is -1.88. The van der Waals surface area contributed by atoms with Crippen molar-refractivity contribution in [2.75, 3.05) is 6.61 Å². The Kier molecular flexibility index (Phi) is 5.12. The maximum atomic E-state index is 11.9. The fraction of sp³-hybridized carbons (Fsp3) is 0.200. The highest BCUT2D eigenvalue weighted by Gasteiger charge is 2.09. The molecule has 2 aromatic rings. The quantitative estimate of drug-likeness (QED) is 0.498. The van der Waals surface area contributed by atoms with Gasteiger partial charge in [-0.2, -0.15) is 0 Å². The highest BCUT2D eigenvalue weighted by Crippen LogP contribution is 2.12. The first kappa shape index (κ1) is 14.5. The first-order chi connectivity index (χ1) is 9.66. The predicted octanol–water partition coefficient (Wildman–Crippen LogP) is 3.60. The monoisotopic (exact) mass is 335 g/mol. The molecular weight excluding hydrogens is 322 g/mol. The highest BCUT2D eigenvalue weighted by molar-refractivity contribution is 9.10. The number of ketones is 1. The summed E-state index contributed by atoms with van der Waals surface area (Å²) in [7, 11) is 0. The molecular formula is C15H14BrNO3. The summed E-state index contributed by atoms with van der Waals surface area (Å²) in [6.07, 6.45) is 2.54. The number of ether oxygens (including phenoxy) is 1. The summed E-state index contributed by atoms with van der Waals surface area (Å²) < 4.78 is 6.00. The third-order valence-corrected chi connectivity index (χ3v) is 3.29. The third kappa shape index (κ3) is 4.06. The molecule has 0 spiro atoms. The number of carbonyl (C=O) groups is 2. The van der Waals surface area contributed by atoms with E-state index in [-0.39, 0.29) is 12.4 Å². The van der Waals surface area contributed by atoms with Gasteiger partial charge in [-0.3, -0.25) is 4.79 Å². The van der Waals surface area contributed by atoms with Crippen LogP contribution < -0.4 is 0 Å². The maximum Gasteiger partial charge on any atom is 0.354 e. The summed E-state index contributed by atoms with van der Waals surface area (Å²) in [6, 6.07) is 10.6. The van der Waals surface area contributed by atoms with Crippen LogP contribution in [-0.2, 0) is 4.74 Å². The van der Waals surface area contributed by atoms with Crippen molar-refractivity contribution in [1.29, 1.82) is 0 Å². The van der Waals surface area contributed by atoms with Gasteiger partial charge in [0.05, 0.1) is 6.61 Å². The molecule has 0 atom stereocenters. The molecule has 0 aliphatic carbocycles. The molecule has 0 radical (unpaired) electrons. The van der Waals surface area contributed by atoms with Crippen molar-refractivity contribution < 1.29 is 14.3 Å². The minimum absolute atomic E-state index is 0.0495. The summed E-state index contributed by atoms with van der Waals surface area (Å²) in [4.78, 5) is 26.2. The van der Waals surface area contributed by atoms with Crippen molar-refractivity contribution >= 4 is 27.7 Å². The Labute approximate surface area is 125 Å². The average Bonchev–Trinajstić information content (AvgIpc) is 2.98. The van der Waals surface area contributed by atoms with E-state index in [1.54, 1.807) is 30.5 Å². The lowest BCUT2D eigenvalue weighted by atomic mass is 10.1. The molecule has 0 aliphatic heterocycles. The van der Waals surface area contributed by atoms with Crippen LogP contribution in [0.5, 0.6) is 0 Å². The molecule has 1 heterocycles. The number of halogens is 1.